The molecule has 0 atom stereocenters. The summed E-state index contributed by atoms with van der Waals surface area (Å²) in [5.74, 6) is 0.536. The van der Waals surface area contributed by atoms with Gasteiger partial charge in [-0.2, -0.15) is 0 Å². The Labute approximate surface area is 214 Å². The number of aliphatic hydroxyl groups excluding tert-OH is 1. The third-order valence-electron chi connectivity index (χ3n) is 6.76. The molecule has 1 aliphatic rings. The van der Waals surface area contributed by atoms with Crippen LogP contribution in [-0.4, -0.2) is 33.3 Å². The first kappa shape index (κ1) is 24.3. The molecule has 7 nitrogen and oxygen atoms in total. The number of aromatic nitrogens is 2. The highest BCUT2D eigenvalue weighted by atomic mass is 35.5. The van der Waals surface area contributed by atoms with Gasteiger partial charge >= 0.3 is 0 Å². The Morgan fingerprint density at radius 3 is 2.64 bits per heavy atom. The lowest BCUT2D eigenvalue weighted by Gasteiger charge is -2.26. The van der Waals surface area contributed by atoms with E-state index in [9.17, 15) is 9.90 Å². The molecule has 0 spiro atoms. The Morgan fingerprint density at radius 1 is 1.11 bits per heavy atom. The van der Waals surface area contributed by atoms with Crippen LogP contribution in [0.5, 0.6) is 0 Å². The van der Waals surface area contributed by atoms with Gasteiger partial charge in [-0.15, -0.1) is 0 Å². The van der Waals surface area contributed by atoms with Gasteiger partial charge in [0.05, 0.1) is 23.0 Å². The number of benzene rings is 2. The number of rotatable bonds is 6. The van der Waals surface area contributed by atoms with E-state index in [1.165, 1.54) is 0 Å². The van der Waals surface area contributed by atoms with Gasteiger partial charge in [0.1, 0.15) is 5.76 Å². The molecule has 1 saturated carbocycles. The van der Waals surface area contributed by atoms with Crippen LogP contribution in [-0.2, 0) is 6.54 Å². The second-order valence-corrected chi connectivity index (χ2v) is 9.89. The van der Waals surface area contributed by atoms with E-state index in [-0.39, 0.29) is 18.1 Å². The minimum absolute atomic E-state index is 0.0288. The van der Waals surface area contributed by atoms with Gasteiger partial charge in [0.2, 0.25) is 0 Å². The monoisotopic (exact) mass is 504 g/mol. The normalized spacial score (nSPS) is 17.8. The maximum Gasteiger partial charge on any atom is 0.272 e. The largest absolute Gasteiger partial charge is 0.393 e. The van der Waals surface area contributed by atoms with Crippen molar-refractivity contribution in [1.82, 2.24) is 15.5 Å². The first-order valence-corrected chi connectivity index (χ1v) is 12.6. The van der Waals surface area contributed by atoms with E-state index >= 15 is 0 Å². The lowest BCUT2D eigenvalue weighted by molar-refractivity contribution is 0.0864. The van der Waals surface area contributed by atoms with Crippen LogP contribution < -0.4 is 10.6 Å². The molecule has 1 fully saturated rings. The SMILES string of the molecule is Cc1noc(C)c1-c1ccc2nc(C(=O)N[C@H]3CC[C@H](O)CC3)c(NCc3cccc(Cl)c3)cc2c1. The number of amides is 1. The quantitative estimate of drug-likeness (QED) is 0.306. The van der Waals surface area contributed by atoms with Crippen LogP contribution in [0, 0.1) is 13.8 Å². The summed E-state index contributed by atoms with van der Waals surface area (Å²) in [6.45, 7) is 4.31. The number of nitrogens with one attached hydrogen (secondary N) is 2. The number of fused-ring (bicyclic) bond motifs is 1. The van der Waals surface area contributed by atoms with Crippen LogP contribution in [0.1, 0.15) is 53.2 Å². The van der Waals surface area contributed by atoms with Crippen molar-refractivity contribution in [3.05, 3.63) is 76.3 Å². The van der Waals surface area contributed by atoms with Gasteiger partial charge in [0.25, 0.3) is 5.91 Å². The standard InChI is InChI=1S/C28H29ClN4O3/c1-16-26(17(2)36-33-16)19-6-11-24-20(13-19)14-25(30-15-18-4-3-5-21(29)12-18)27(32-24)28(35)31-22-7-9-23(34)10-8-22/h3-6,11-14,22-23,30,34H,7-10,15H2,1-2H3,(H,31,35)/t22-,23-. The molecular weight excluding hydrogens is 476 g/mol. The number of aliphatic hydroxyl groups is 1. The van der Waals surface area contributed by atoms with Crippen molar-refractivity contribution in [2.75, 3.05) is 5.32 Å². The Balaban J connectivity index is 1.49. The summed E-state index contributed by atoms with van der Waals surface area (Å²) in [5.41, 5.74) is 5.49. The zero-order valence-electron chi connectivity index (χ0n) is 20.3. The molecule has 1 amide bonds. The van der Waals surface area contributed by atoms with Crippen molar-refractivity contribution in [3.63, 3.8) is 0 Å². The van der Waals surface area contributed by atoms with Crippen LogP contribution in [0.2, 0.25) is 5.02 Å². The molecule has 8 heteroatoms. The van der Waals surface area contributed by atoms with Crippen molar-refractivity contribution in [2.24, 2.45) is 0 Å². The summed E-state index contributed by atoms with van der Waals surface area (Å²) in [6, 6.07) is 15.6. The van der Waals surface area contributed by atoms with Crippen LogP contribution >= 0.6 is 11.6 Å². The predicted octanol–water partition coefficient (Wildman–Crippen LogP) is 5.81. The third kappa shape index (κ3) is 5.22. The van der Waals surface area contributed by atoms with E-state index in [1.807, 2.05) is 62.4 Å². The van der Waals surface area contributed by atoms with Crippen molar-refractivity contribution >= 4 is 34.1 Å². The third-order valence-corrected chi connectivity index (χ3v) is 6.99. The van der Waals surface area contributed by atoms with Crippen LogP contribution in [0.25, 0.3) is 22.0 Å². The highest BCUT2D eigenvalue weighted by Gasteiger charge is 2.24. The lowest BCUT2D eigenvalue weighted by atomic mass is 9.93. The first-order chi connectivity index (χ1) is 17.4. The number of pyridine rings is 1. The van der Waals surface area contributed by atoms with Gasteiger partial charge in [-0.3, -0.25) is 4.79 Å². The fourth-order valence-electron chi connectivity index (χ4n) is 4.85. The molecule has 4 aromatic rings. The number of aryl methyl sites for hydroxylation is 2. The van der Waals surface area contributed by atoms with E-state index in [0.717, 1.165) is 51.9 Å². The molecule has 1 aliphatic carbocycles. The Hall–Kier alpha value is -3.42. The lowest BCUT2D eigenvalue weighted by Crippen LogP contribution is -2.39. The molecule has 0 aliphatic heterocycles. The molecule has 2 aromatic heterocycles. The fourth-order valence-corrected chi connectivity index (χ4v) is 5.07. The van der Waals surface area contributed by atoms with E-state index in [0.29, 0.717) is 35.8 Å². The van der Waals surface area contributed by atoms with E-state index in [1.54, 1.807) is 0 Å². The van der Waals surface area contributed by atoms with Crippen molar-refractivity contribution in [1.29, 1.82) is 0 Å². The molecule has 5 rings (SSSR count). The minimum atomic E-state index is -0.279. The zero-order valence-corrected chi connectivity index (χ0v) is 21.1. The maximum absolute atomic E-state index is 13.3. The molecule has 0 radical (unpaired) electrons. The Morgan fingerprint density at radius 2 is 1.92 bits per heavy atom. The number of carbonyl (C=O) groups excluding carboxylic acids is 1. The summed E-state index contributed by atoms with van der Waals surface area (Å²) in [5, 5.41) is 22.0. The van der Waals surface area contributed by atoms with E-state index in [4.69, 9.17) is 21.1 Å². The van der Waals surface area contributed by atoms with Crippen molar-refractivity contribution in [2.45, 2.75) is 58.2 Å². The second-order valence-electron chi connectivity index (χ2n) is 9.45. The zero-order chi connectivity index (χ0) is 25.2. The molecule has 3 N–H and O–H groups in total. The second kappa shape index (κ2) is 10.3. The number of anilines is 1. The molecule has 2 aromatic carbocycles. The number of carbonyl (C=O) groups is 1. The Kier molecular flexibility index (Phi) is 6.94. The number of hydrogen-bond donors (Lipinski definition) is 3. The molecule has 0 unspecified atom stereocenters. The summed E-state index contributed by atoms with van der Waals surface area (Å²) >= 11 is 6.16. The highest BCUT2D eigenvalue weighted by Crippen LogP contribution is 2.31. The van der Waals surface area contributed by atoms with E-state index < -0.39 is 0 Å². The molecule has 0 saturated heterocycles. The summed E-state index contributed by atoms with van der Waals surface area (Å²) < 4.78 is 5.35. The fraction of sp³-hybridized carbons (Fsp3) is 0.321. The minimum Gasteiger partial charge on any atom is -0.393 e. The first-order valence-electron chi connectivity index (χ1n) is 12.2. The topological polar surface area (TPSA) is 100 Å². The van der Waals surface area contributed by atoms with Crippen LogP contribution in [0.3, 0.4) is 0 Å². The van der Waals surface area contributed by atoms with Gasteiger partial charge in [-0.05, 0) is 81.0 Å². The van der Waals surface area contributed by atoms with Gasteiger partial charge in [-0.1, -0.05) is 35.0 Å². The summed E-state index contributed by atoms with van der Waals surface area (Å²) in [7, 11) is 0. The predicted molar refractivity (Wildman–Crippen MR) is 141 cm³/mol. The summed E-state index contributed by atoms with van der Waals surface area (Å²) in [4.78, 5) is 18.1. The average Bonchev–Trinajstić information content (AvgIpc) is 3.21. The van der Waals surface area contributed by atoms with Gasteiger partial charge in [0, 0.05) is 28.6 Å². The molecule has 0 bridgehead atoms. The number of hydrogen-bond acceptors (Lipinski definition) is 6. The van der Waals surface area contributed by atoms with Gasteiger partial charge in [0.15, 0.2) is 5.69 Å². The van der Waals surface area contributed by atoms with Crippen LogP contribution in [0.4, 0.5) is 5.69 Å². The van der Waals surface area contributed by atoms with Crippen molar-refractivity contribution < 1.29 is 14.4 Å². The van der Waals surface area contributed by atoms with Gasteiger partial charge in [-0.25, -0.2) is 4.98 Å². The summed E-state index contributed by atoms with van der Waals surface area (Å²) in [6.07, 6.45) is 2.62. The number of halogens is 1. The molecule has 186 valence electrons. The van der Waals surface area contributed by atoms with Crippen molar-refractivity contribution in [3.8, 4) is 11.1 Å². The van der Waals surface area contributed by atoms with E-state index in [2.05, 4.69) is 15.8 Å². The Bertz CT molecular complexity index is 1390. The highest BCUT2D eigenvalue weighted by molar-refractivity contribution is 6.30. The molecular formula is C28H29ClN4O3. The van der Waals surface area contributed by atoms with Crippen LogP contribution in [0.15, 0.2) is 53.1 Å². The molecule has 2 heterocycles. The number of nitrogens with zero attached hydrogens (tertiary/aromatic N) is 2. The molecule has 36 heavy (non-hydrogen) atoms. The average molecular weight is 505 g/mol. The smallest absolute Gasteiger partial charge is 0.272 e. The van der Waals surface area contributed by atoms with Gasteiger partial charge < -0.3 is 20.3 Å². The maximum atomic E-state index is 13.3.